The highest BCUT2D eigenvalue weighted by atomic mass is 16.5. The summed E-state index contributed by atoms with van der Waals surface area (Å²) in [5.41, 5.74) is 4.21. The summed E-state index contributed by atoms with van der Waals surface area (Å²) >= 11 is 0. The number of aromatic nitrogens is 4. The van der Waals surface area contributed by atoms with Gasteiger partial charge in [0.05, 0.1) is 5.69 Å². The molecule has 0 saturated carbocycles. The Hall–Kier alpha value is -2.73. The molecule has 0 aliphatic carbocycles. The molecule has 152 valence electrons. The highest BCUT2D eigenvalue weighted by molar-refractivity contribution is 5.59. The maximum atomic E-state index is 5.65. The van der Waals surface area contributed by atoms with Crippen LogP contribution in [0.2, 0.25) is 0 Å². The largest absolute Gasteiger partial charge is 0.381 e. The topological polar surface area (TPSA) is 75.7 Å². The summed E-state index contributed by atoms with van der Waals surface area (Å²) in [5.74, 6) is 1.97. The van der Waals surface area contributed by atoms with Gasteiger partial charge in [-0.15, -0.1) is 0 Å². The highest BCUT2D eigenvalue weighted by Crippen LogP contribution is 2.35. The van der Waals surface area contributed by atoms with Gasteiger partial charge in [0.25, 0.3) is 0 Å². The molecule has 1 fully saturated rings. The summed E-state index contributed by atoms with van der Waals surface area (Å²) in [6.45, 7) is 8.60. The van der Waals surface area contributed by atoms with E-state index in [-0.39, 0.29) is 5.41 Å². The number of hydrogen-bond donors (Lipinski definition) is 2. The first kappa shape index (κ1) is 19.6. The lowest BCUT2D eigenvalue weighted by Gasteiger charge is -2.38. The number of nitrogens with one attached hydrogen (secondary N) is 2. The van der Waals surface area contributed by atoms with Crippen molar-refractivity contribution in [1.82, 2.24) is 20.2 Å². The second kappa shape index (κ2) is 8.33. The third-order valence-electron chi connectivity index (χ3n) is 5.76. The summed E-state index contributed by atoms with van der Waals surface area (Å²) < 4.78 is 5.65. The average Bonchev–Trinajstić information content (AvgIpc) is 3.24. The first-order valence-electron chi connectivity index (χ1n) is 10.3. The Morgan fingerprint density at radius 1 is 1.07 bits per heavy atom. The second-order valence-electron chi connectivity index (χ2n) is 8.16. The second-order valence-corrected chi connectivity index (χ2v) is 8.16. The number of hydrogen-bond acceptors (Lipinski definition) is 5. The molecule has 0 amide bonds. The van der Waals surface area contributed by atoms with Gasteiger partial charge >= 0.3 is 0 Å². The molecule has 0 bridgehead atoms. The van der Waals surface area contributed by atoms with Crippen LogP contribution in [0.4, 0.5) is 5.82 Å². The summed E-state index contributed by atoms with van der Waals surface area (Å²) in [5, 5.41) is 11.1. The molecule has 1 aromatic carbocycles. The minimum Gasteiger partial charge on any atom is -0.381 e. The number of anilines is 1. The van der Waals surface area contributed by atoms with Crippen LogP contribution < -0.4 is 5.32 Å². The Balaban J connectivity index is 1.57. The minimum atomic E-state index is 0.0513. The van der Waals surface area contributed by atoms with Gasteiger partial charge < -0.3 is 10.1 Å². The van der Waals surface area contributed by atoms with Crippen LogP contribution in [0.5, 0.6) is 0 Å². The van der Waals surface area contributed by atoms with E-state index in [1.165, 1.54) is 5.56 Å². The van der Waals surface area contributed by atoms with Crippen molar-refractivity contribution in [2.45, 2.75) is 44.9 Å². The Morgan fingerprint density at radius 2 is 1.83 bits per heavy atom. The van der Waals surface area contributed by atoms with Gasteiger partial charge in [-0.3, -0.25) is 5.10 Å². The van der Waals surface area contributed by atoms with E-state index in [9.17, 15) is 0 Å². The fraction of sp³-hybridized carbons (Fsp3) is 0.435. The molecule has 0 radical (unpaired) electrons. The molecule has 2 N–H and O–H groups in total. The molecule has 4 rings (SSSR count). The molecule has 1 saturated heterocycles. The van der Waals surface area contributed by atoms with Crippen molar-refractivity contribution >= 4 is 5.82 Å². The van der Waals surface area contributed by atoms with Gasteiger partial charge in [0, 0.05) is 36.9 Å². The van der Waals surface area contributed by atoms with E-state index in [1.54, 1.807) is 0 Å². The van der Waals surface area contributed by atoms with Crippen LogP contribution in [0.15, 0.2) is 42.5 Å². The molecule has 3 aromatic rings. The molecule has 1 aliphatic rings. The van der Waals surface area contributed by atoms with Crippen molar-refractivity contribution in [2.24, 2.45) is 0 Å². The normalized spacial score (nSPS) is 16.1. The molecule has 1 aliphatic heterocycles. The van der Waals surface area contributed by atoms with E-state index in [0.29, 0.717) is 5.92 Å². The van der Waals surface area contributed by atoms with E-state index in [4.69, 9.17) is 4.74 Å². The maximum absolute atomic E-state index is 5.65. The Morgan fingerprint density at radius 3 is 2.52 bits per heavy atom. The number of rotatable bonds is 6. The van der Waals surface area contributed by atoms with Gasteiger partial charge in [0.2, 0.25) is 0 Å². The smallest absolute Gasteiger partial charge is 0.130 e. The quantitative estimate of drug-likeness (QED) is 0.649. The standard InChI is InChI=1S/C23H29N5O/c1-16(2)19-13-21(28-27-19)20-14-22(26-17(3)25-20)24-15-23(9-11-29-12-10-23)18-7-5-4-6-8-18/h4-8,13-14,16H,9-12,15H2,1-3H3,(H,27,28)(H,24,25,26). The number of aryl methyl sites for hydroxylation is 1. The number of aromatic amines is 1. The lowest BCUT2D eigenvalue weighted by molar-refractivity contribution is 0.0543. The van der Waals surface area contributed by atoms with E-state index in [0.717, 1.165) is 61.3 Å². The number of nitrogens with zero attached hydrogens (tertiary/aromatic N) is 3. The van der Waals surface area contributed by atoms with Gasteiger partial charge in [-0.05, 0) is 37.3 Å². The molecule has 0 spiro atoms. The van der Waals surface area contributed by atoms with E-state index in [1.807, 2.05) is 13.0 Å². The van der Waals surface area contributed by atoms with Gasteiger partial charge in [-0.1, -0.05) is 44.2 Å². The Kier molecular flexibility index (Phi) is 5.62. The van der Waals surface area contributed by atoms with Gasteiger partial charge in [-0.2, -0.15) is 5.10 Å². The third kappa shape index (κ3) is 4.32. The molecule has 6 heteroatoms. The molecule has 2 aromatic heterocycles. The van der Waals surface area contributed by atoms with Crippen LogP contribution in [-0.2, 0) is 10.2 Å². The SMILES string of the molecule is Cc1nc(NCC2(c3ccccc3)CCOCC2)cc(-c2cc(C(C)C)[nH]n2)n1. The van der Waals surface area contributed by atoms with Crippen molar-refractivity contribution in [3.05, 3.63) is 59.5 Å². The summed E-state index contributed by atoms with van der Waals surface area (Å²) in [6.07, 6.45) is 2.00. The fourth-order valence-electron chi connectivity index (χ4n) is 3.93. The average molecular weight is 392 g/mol. The van der Waals surface area contributed by atoms with Crippen LogP contribution in [0, 0.1) is 6.92 Å². The van der Waals surface area contributed by atoms with Crippen molar-refractivity contribution in [3.8, 4) is 11.4 Å². The lowest BCUT2D eigenvalue weighted by Crippen LogP contribution is -2.40. The van der Waals surface area contributed by atoms with Gasteiger partial charge in [0.1, 0.15) is 17.3 Å². The number of ether oxygens (including phenoxy) is 1. The predicted octanol–water partition coefficient (Wildman–Crippen LogP) is 4.46. The fourth-order valence-corrected chi connectivity index (χ4v) is 3.93. The maximum Gasteiger partial charge on any atom is 0.130 e. The molecular formula is C23H29N5O. The summed E-state index contributed by atoms with van der Waals surface area (Å²) in [4.78, 5) is 9.21. The van der Waals surface area contributed by atoms with Gasteiger partial charge in [0.15, 0.2) is 0 Å². The third-order valence-corrected chi connectivity index (χ3v) is 5.76. The molecule has 6 nitrogen and oxygen atoms in total. The van der Waals surface area contributed by atoms with Crippen LogP contribution in [0.25, 0.3) is 11.4 Å². The zero-order valence-electron chi connectivity index (χ0n) is 17.4. The van der Waals surface area contributed by atoms with Gasteiger partial charge in [-0.25, -0.2) is 9.97 Å². The van der Waals surface area contributed by atoms with E-state index in [2.05, 4.69) is 75.7 Å². The number of benzene rings is 1. The molecule has 0 atom stereocenters. The molecule has 0 unspecified atom stereocenters. The zero-order valence-corrected chi connectivity index (χ0v) is 17.4. The molecule has 3 heterocycles. The molecular weight excluding hydrogens is 362 g/mol. The zero-order chi connectivity index (χ0) is 20.3. The monoisotopic (exact) mass is 391 g/mol. The summed E-state index contributed by atoms with van der Waals surface area (Å²) in [6, 6.07) is 14.8. The van der Waals surface area contributed by atoms with Crippen molar-refractivity contribution in [2.75, 3.05) is 25.1 Å². The number of H-pyrrole nitrogens is 1. The molecule has 29 heavy (non-hydrogen) atoms. The first-order valence-corrected chi connectivity index (χ1v) is 10.3. The Labute approximate surface area is 172 Å². The predicted molar refractivity (Wildman–Crippen MR) is 115 cm³/mol. The van der Waals surface area contributed by atoms with E-state index < -0.39 is 0 Å². The first-order chi connectivity index (χ1) is 14.1. The van der Waals surface area contributed by atoms with Crippen molar-refractivity contribution < 1.29 is 4.74 Å². The van der Waals surface area contributed by atoms with Crippen LogP contribution in [0.3, 0.4) is 0 Å². The van der Waals surface area contributed by atoms with Crippen molar-refractivity contribution in [1.29, 1.82) is 0 Å². The highest BCUT2D eigenvalue weighted by Gasteiger charge is 2.34. The van der Waals surface area contributed by atoms with Crippen LogP contribution in [0.1, 0.15) is 49.7 Å². The minimum absolute atomic E-state index is 0.0513. The van der Waals surface area contributed by atoms with Crippen LogP contribution >= 0.6 is 0 Å². The van der Waals surface area contributed by atoms with Crippen LogP contribution in [-0.4, -0.2) is 39.9 Å². The van der Waals surface area contributed by atoms with E-state index >= 15 is 0 Å². The Bertz CT molecular complexity index is 945. The van der Waals surface area contributed by atoms with Crippen molar-refractivity contribution in [3.63, 3.8) is 0 Å². The summed E-state index contributed by atoms with van der Waals surface area (Å²) in [7, 11) is 0. The lowest BCUT2D eigenvalue weighted by atomic mass is 9.74.